The number of aromatic nitrogens is 1. The number of morpholine rings is 1. The Morgan fingerprint density at radius 3 is 2.49 bits per heavy atom. The van der Waals surface area contributed by atoms with Crippen LogP contribution in [0, 0.1) is 0 Å². The first kappa shape index (κ1) is 31.0. The molecule has 2 amide bonds. The van der Waals surface area contributed by atoms with E-state index in [2.05, 4.69) is 22.9 Å². The number of aryl methyl sites for hydroxylation is 1. The Labute approximate surface area is 254 Å². The van der Waals surface area contributed by atoms with E-state index in [4.69, 9.17) is 18.9 Å². The predicted molar refractivity (Wildman–Crippen MR) is 165 cm³/mol. The fraction of sp³-hybridized carbons (Fsp3) is 0.529. The van der Waals surface area contributed by atoms with Gasteiger partial charge in [0.1, 0.15) is 5.60 Å². The number of hydrogen-bond acceptors (Lipinski definition) is 6. The van der Waals surface area contributed by atoms with Gasteiger partial charge in [-0.25, -0.2) is 4.79 Å². The fourth-order valence-electron chi connectivity index (χ4n) is 5.58. The largest absolute Gasteiger partial charge is 0.444 e. The van der Waals surface area contributed by atoms with E-state index in [0.29, 0.717) is 26.3 Å². The van der Waals surface area contributed by atoms with Gasteiger partial charge in [-0.1, -0.05) is 48.5 Å². The van der Waals surface area contributed by atoms with E-state index in [0.717, 1.165) is 47.8 Å². The zero-order valence-electron chi connectivity index (χ0n) is 25.9. The summed E-state index contributed by atoms with van der Waals surface area (Å²) < 4.78 is 25.6. The van der Waals surface area contributed by atoms with Crippen molar-refractivity contribution in [3.8, 4) is 0 Å². The summed E-state index contributed by atoms with van der Waals surface area (Å²) in [6.07, 6.45) is 3.29. The van der Waals surface area contributed by atoms with Gasteiger partial charge < -0.3 is 33.3 Å². The zero-order chi connectivity index (χ0) is 30.4. The van der Waals surface area contributed by atoms with Gasteiger partial charge in [0.05, 0.1) is 32.4 Å². The molecule has 0 bridgehead atoms. The zero-order valence-corrected chi connectivity index (χ0v) is 25.9. The molecule has 0 unspecified atom stereocenters. The average Bonchev–Trinajstić information content (AvgIpc) is 3.77. The molecule has 2 aliphatic rings. The molecule has 232 valence electrons. The molecular formula is C34H45N3O6. The standard InChI is InChI=1S/C34H45N3O6/c1-34(2,3)43-33(39)36-21-28(24-41-23-25-11-6-5-7-12-25)42-31(22-36)32(38)37(27-15-16-27)20-26-19-35(17-10-18-40-4)30-14-9-8-13-29(26)30/h5-9,11-14,19,27-28,31H,10,15-18,20-24H2,1-4H3/t28-,31+/m0/s1. The van der Waals surface area contributed by atoms with Crippen molar-refractivity contribution in [2.24, 2.45) is 0 Å². The third-order valence-electron chi connectivity index (χ3n) is 7.74. The number of amides is 2. The van der Waals surface area contributed by atoms with Crippen LogP contribution in [0.2, 0.25) is 0 Å². The summed E-state index contributed by atoms with van der Waals surface area (Å²) in [5.74, 6) is -0.0972. The third kappa shape index (κ3) is 8.37. The average molecular weight is 592 g/mol. The van der Waals surface area contributed by atoms with E-state index in [1.54, 1.807) is 12.0 Å². The Balaban J connectivity index is 1.33. The van der Waals surface area contributed by atoms with Crippen LogP contribution in [-0.4, -0.2) is 83.6 Å². The molecule has 3 aromatic rings. The molecule has 9 heteroatoms. The molecule has 1 aliphatic carbocycles. The topological polar surface area (TPSA) is 82.5 Å². The molecule has 5 rings (SSSR count). The van der Waals surface area contributed by atoms with Gasteiger partial charge in [0.25, 0.3) is 5.91 Å². The molecule has 2 aromatic carbocycles. The van der Waals surface area contributed by atoms with Crippen molar-refractivity contribution in [3.05, 3.63) is 71.9 Å². The molecule has 1 aliphatic heterocycles. The quantitative estimate of drug-likeness (QED) is 0.263. The maximum absolute atomic E-state index is 14.2. The van der Waals surface area contributed by atoms with Gasteiger partial charge in [-0.3, -0.25) is 4.79 Å². The van der Waals surface area contributed by atoms with Crippen LogP contribution in [0.5, 0.6) is 0 Å². The van der Waals surface area contributed by atoms with Crippen LogP contribution >= 0.6 is 0 Å². The van der Waals surface area contributed by atoms with Gasteiger partial charge in [-0.15, -0.1) is 0 Å². The summed E-state index contributed by atoms with van der Waals surface area (Å²) in [4.78, 5) is 30.9. The Kier molecular flexibility index (Phi) is 10.1. The Morgan fingerprint density at radius 2 is 1.77 bits per heavy atom. The summed E-state index contributed by atoms with van der Waals surface area (Å²) >= 11 is 0. The van der Waals surface area contributed by atoms with E-state index in [9.17, 15) is 9.59 Å². The summed E-state index contributed by atoms with van der Waals surface area (Å²) in [6.45, 7) is 8.67. The number of hydrogen-bond donors (Lipinski definition) is 0. The summed E-state index contributed by atoms with van der Waals surface area (Å²) in [6, 6.07) is 18.4. The Bertz CT molecular complexity index is 1360. The van der Waals surface area contributed by atoms with E-state index >= 15 is 0 Å². The second kappa shape index (κ2) is 13.9. The number of carbonyl (C=O) groups excluding carboxylic acids is 2. The van der Waals surface area contributed by atoms with E-state index in [-0.39, 0.29) is 25.1 Å². The lowest BCUT2D eigenvalue weighted by molar-refractivity contribution is -0.163. The summed E-state index contributed by atoms with van der Waals surface area (Å²) in [7, 11) is 1.72. The number of nitrogens with zero attached hydrogens (tertiary/aromatic N) is 3. The van der Waals surface area contributed by atoms with Crippen LogP contribution in [0.3, 0.4) is 0 Å². The number of methoxy groups -OCH3 is 1. The SMILES string of the molecule is COCCCn1cc(CN(C(=O)[C@H]2CN(C(=O)OC(C)(C)C)C[C@@H](COCc3ccccc3)O2)C2CC2)c2ccccc21. The van der Waals surface area contributed by atoms with E-state index < -0.39 is 23.9 Å². The highest BCUT2D eigenvalue weighted by atomic mass is 16.6. The van der Waals surface area contributed by atoms with Crippen molar-refractivity contribution in [1.82, 2.24) is 14.4 Å². The summed E-state index contributed by atoms with van der Waals surface area (Å²) in [5, 5.41) is 1.14. The first-order valence-corrected chi connectivity index (χ1v) is 15.3. The smallest absolute Gasteiger partial charge is 0.410 e. The molecule has 0 spiro atoms. The van der Waals surface area contributed by atoms with Crippen LogP contribution < -0.4 is 0 Å². The predicted octanol–water partition coefficient (Wildman–Crippen LogP) is 5.39. The molecule has 1 saturated carbocycles. The third-order valence-corrected chi connectivity index (χ3v) is 7.74. The molecule has 0 radical (unpaired) electrons. The maximum atomic E-state index is 14.2. The summed E-state index contributed by atoms with van der Waals surface area (Å²) in [5.41, 5.74) is 2.66. The van der Waals surface area contributed by atoms with Crippen molar-refractivity contribution < 1.29 is 28.5 Å². The van der Waals surface area contributed by atoms with Gasteiger partial charge in [-0.2, -0.15) is 0 Å². The fourth-order valence-corrected chi connectivity index (χ4v) is 5.58. The molecule has 1 saturated heterocycles. The van der Waals surface area contributed by atoms with Crippen molar-refractivity contribution in [2.45, 2.75) is 83.6 Å². The highest BCUT2D eigenvalue weighted by Crippen LogP contribution is 2.32. The number of para-hydroxylation sites is 1. The molecule has 9 nitrogen and oxygen atoms in total. The molecular weight excluding hydrogens is 546 g/mol. The number of ether oxygens (including phenoxy) is 4. The van der Waals surface area contributed by atoms with Crippen molar-refractivity contribution >= 4 is 22.9 Å². The molecule has 2 fully saturated rings. The van der Waals surface area contributed by atoms with Gasteiger partial charge in [0, 0.05) is 49.9 Å². The minimum absolute atomic E-state index is 0.0972. The molecule has 0 N–H and O–H groups in total. The minimum Gasteiger partial charge on any atom is -0.444 e. The van der Waals surface area contributed by atoms with Crippen molar-refractivity contribution in [1.29, 1.82) is 0 Å². The second-order valence-electron chi connectivity index (χ2n) is 12.5. The van der Waals surface area contributed by atoms with Crippen LogP contribution in [0.15, 0.2) is 60.8 Å². The van der Waals surface area contributed by atoms with E-state index in [1.807, 2.05) is 68.1 Å². The second-order valence-corrected chi connectivity index (χ2v) is 12.5. The maximum Gasteiger partial charge on any atom is 0.410 e. The van der Waals surface area contributed by atoms with Crippen LogP contribution in [0.1, 0.15) is 51.2 Å². The lowest BCUT2D eigenvalue weighted by Crippen LogP contribution is -2.57. The first-order valence-electron chi connectivity index (χ1n) is 15.3. The highest BCUT2D eigenvalue weighted by molar-refractivity contribution is 5.86. The number of rotatable bonds is 12. The molecule has 2 heterocycles. The Morgan fingerprint density at radius 1 is 1.02 bits per heavy atom. The highest BCUT2D eigenvalue weighted by Gasteiger charge is 2.42. The van der Waals surface area contributed by atoms with Gasteiger partial charge in [-0.05, 0) is 57.2 Å². The normalized spacial score (nSPS) is 19.0. The van der Waals surface area contributed by atoms with Crippen molar-refractivity contribution in [2.75, 3.05) is 33.4 Å². The number of fused-ring (bicyclic) bond motifs is 1. The van der Waals surface area contributed by atoms with Gasteiger partial charge >= 0.3 is 6.09 Å². The molecule has 43 heavy (non-hydrogen) atoms. The molecule has 2 atom stereocenters. The molecule has 1 aromatic heterocycles. The van der Waals surface area contributed by atoms with E-state index in [1.165, 1.54) is 0 Å². The first-order chi connectivity index (χ1) is 20.7. The number of benzene rings is 2. The Hall–Kier alpha value is -3.40. The van der Waals surface area contributed by atoms with Crippen LogP contribution in [0.25, 0.3) is 10.9 Å². The van der Waals surface area contributed by atoms with Gasteiger partial charge in [0.15, 0.2) is 6.10 Å². The lowest BCUT2D eigenvalue weighted by Gasteiger charge is -2.39. The monoisotopic (exact) mass is 591 g/mol. The van der Waals surface area contributed by atoms with Crippen LogP contribution in [0.4, 0.5) is 4.79 Å². The van der Waals surface area contributed by atoms with Gasteiger partial charge in [0.2, 0.25) is 0 Å². The van der Waals surface area contributed by atoms with Crippen LogP contribution in [-0.2, 0) is 43.4 Å². The van der Waals surface area contributed by atoms with Crippen molar-refractivity contribution in [3.63, 3.8) is 0 Å². The number of carbonyl (C=O) groups is 2. The minimum atomic E-state index is -0.803. The lowest BCUT2D eigenvalue weighted by atomic mass is 10.1.